The Bertz CT molecular complexity index is 231. The third-order valence-electron chi connectivity index (χ3n) is 2.88. The van der Waals surface area contributed by atoms with Crippen molar-refractivity contribution < 1.29 is 4.79 Å². The molecule has 1 saturated heterocycles. The summed E-state index contributed by atoms with van der Waals surface area (Å²) >= 11 is 5.80. The van der Waals surface area contributed by atoms with E-state index in [0.717, 1.165) is 26.1 Å². The Morgan fingerprint density at radius 3 is 2.80 bits per heavy atom. The Balaban J connectivity index is 2.50. The Hall–Kier alpha value is -0.280. The number of rotatable bonds is 4. The van der Waals surface area contributed by atoms with Gasteiger partial charge in [-0.3, -0.25) is 4.79 Å². The van der Waals surface area contributed by atoms with Crippen molar-refractivity contribution in [2.24, 2.45) is 5.41 Å². The SMILES string of the molecule is CCNC1CCN(C(=O)C(C)(C)CCl)C1. The number of amides is 1. The number of likely N-dealkylation sites (tertiary alicyclic amines) is 1. The number of hydrogen-bond donors (Lipinski definition) is 1. The zero-order valence-electron chi connectivity index (χ0n) is 9.85. The zero-order valence-corrected chi connectivity index (χ0v) is 10.6. The molecule has 1 fully saturated rings. The molecule has 88 valence electrons. The Labute approximate surface area is 97.2 Å². The van der Waals surface area contributed by atoms with Crippen LogP contribution in [0.4, 0.5) is 0 Å². The molecule has 0 radical (unpaired) electrons. The van der Waals surface area contributed by atoms with Gasteiger partial charge in [0.2, 0.25) is 5.91 Å². The number of nitrogens with one attached hydrogen (secondary N) is 1. The second-order valence-electron chi connectivity index (χ2n) is 4.81. The molecular formula is C11H21ClN2O. The van der Waals surface area contributed by atoms with Crippen LogP contribution in [-0.4, -0.2) is 42.4 Å². The summed E-state index contributed by atoms with van der Waals surface area (Å²) in [5, 5.41) is 3.37. The smallest absolute Gasteiger partial charge is 0.229 e. The lowest BCUT2D eigenvalue weighted by atomic mass is 9.94. The second-order valence-corrected chi connectivity index (χ2v) is 5.08. The third-order valence-corrected chi connectivity index (χ3v) is 3.55. The average molecular weight is 233 g/mol. The minimum atomic E-state index is -0.428. The van der Waals surface area contributed by atoms with E-state index in [9.17, 15) is 4.79 Å². The lowest BCUT2D eigenvalue weighted by Crippen LogP contribution is -2.42. The van der Waals surface area contributed by atoms with Crippen LogP contribution in [0.1, 0.15) is 27.2 Å². The molecule has 1 unspecified atom stereocenters. The maximum absolute atomic E-state index is 12.1. The van der Waals surface area contributed by atoms with Gasteiger partial charge in [0, 0.05) is 25.0 Å². The number of carbonyl (C=O) groups is 1. The van der Waals surface area contributed by atoms with E-state index >= 15 is 0 Å². The monoisotopic (exact) mass is 232 g/mol. The van der Waals surface area contributed by atoms with Crippen LogP contribution in [0.3, 0.4) is 0 Å². The van der Waals surface area contributed by atoms with Gasteiger partial charge in [0.05, 0.1) is 5.41 Å². The number of likely N-dealkylation sites (N-methyl/N-ethyl adjacent to an activating group) is 1. The maximum Gasteiger partial charge on any atom is 0.229 e. The number of nitrogens with zero attached hydrogens (tertiary/aromatic N) is 1. The molecule has 1 aliphatic rings. The topological polar surface area (TPSA) is 32.3 Å². The van der Waals surface area contributed by atoms with E-state index < -0.39 is 5.41 Å². The normalized spacial score (nSPS) is 22.1. The molecule has 1 atom stereocenters. The molecule has 1 heterocycles. The van der Waals surface area contributed by atoms with Gasteiger partial charge in [-0.05, 0) is 26.8 Å². The average Bonchev–Trinajstić information content (AvgIpc) is 2.66. The van der Waals surface area contributed by atoms with E-state index in [-0.39, 0.29) is 5.91 Å². The molecule has 0 aromatic carbocycles. The van der Waals surface area contributed by atoms with E-state index in [0.29, 0.717) is 11.9 Å². The number of halogens is 1. The molecule has 0 bridgehead atoms. The summed E-state index contributed by atoms with van der Waals surface area (Å²) in [6, 6.07) is 0.463. The number of carbonyl (C=O) groups excluding carboxylic acids is 1. The zero-order chi connectivity index (χ0) is 11.5. The Kier molecular flexibility index (Phi) is 4.41. The minimum Gasteiger partial charge on any atom is -0.341 e. The van der Waals surface area contributed by atoms with Crippen LogP contribution in [-0.2, 0) is 4.79 Å². The predicted molar refractivity (Wildman–Crippen MR) is 63.2 cm³/mol. The summed E-state index contributed by atoms with van der Waals surface area (Å²) in [6.45, 7) is 8.55. The van der Waals surface area contributed by atoms with Crippen molar-refractivity contribution >= 4 is 17.5 Å². The van der Waals surface area contributed by atoms with Crippen LogP contribution in [0.15, 0.2) is 0 Å². The van der Waals surface area contributed by atoms with Crippen molar-refractivity contribution in [3.8, 4) is 0 Å². The van der Waals surface area contributed by atoms with Crippen LogP contribution in [0.5, 0.6) is 0 Å². The van der Waals surface area contributed by atoms with Gasteiger partial charge in [-0.15, -0.1) is 11.6 Å². The van der Waals surface area contributed by atoms with Crippen LogP contribution in [0, 0.1) is 5.41 Å². The molecule has 15 heavy (non-hydrogen) atoms. The molecule has 0 aromatic rings. The molecule has 0 aliphatic carbocycles. The molecule has 3 nitrogen and oxygen atoms in total. The van der Waals surface area contributed by atoms with Crippen molar-refractivity contribution in [2.75, 3.05) is 25.5 Å². The lowest BCUT2D eigenvalue weighted by Gasteiger charge is -2.27. The maximum atomic E-state index is 12.1. The number of alkyl halides is 1. The highest BCUT2D eigenvalue weighted by Crippen LogP contribution is 2.23. The lowest BCUT2D eigenvalue weighted by molar-refractivity contribution is -0.138. The van der Waals surface area contributed by atoms with Gasteiger partial charge < -0.3 is 10.2 Å². The molecule has 1 aliphatic heterocycles. The molecule has 1 rings (SSSR count). The van der Waals surface area contributed by atoms with Gasteiger partial charge in [0.25, 0.3) is 0 Å². The first-order valence-electron chi connectivity index (χ1n) is 5.60. The van der Waals surface area contributed by atoms with Gasteiger partial charge in [-0.2, -0.15) is 0 Å². The molecular weight excluding hydrogens is 212 g/mol. The molecule has 0 saturated carbocycles. The van der Waals surface area contributed by atoms with Crippen LogP contribution >= 0.6 is 11.6 Å². The van der Waals surface area contributed by atoms with E-state index in [4.69, 9.17) is 11.6 Å². The van der Waals surface area contributed by atoms with Crippen molar-refractivity contribution in [1.29, 1.82) is 0 Å². The third kappa shape index (κ3) is 3.08. The summed E-state index contributed by atoms with van der Waals surface area (Å²) in [4.78, 5) is 14.0. The van der Waals surface area contributed by atoms with Crippen molar-refractivity contribution in [2.45, 2.75) is 33.2 Å². The highest BCUT2D eigenvalue weighted by atomic mass is 35.5. The van der Waals surface area contributed by atoms with E-state index in [1.807, 2.05) is 18.7 Å². The van der Waals surface area contributed by atoms with Gasteiger partial charge in [0.15, 0.2) is 0 Å². The fraction of sp³-hybridized carbons (Fsp3) is 0.909. The highest BCUT2D eigenvalue weighted by Gasteiger charge is 2.34. The molecule has 1 amide bonds. The van der Waals surface area contributed by atoms with E-state index in [1.165, 1.54) is 0 Å². The second kappa shape index (κ2) is 5.17. The van der Waals surface area contributed by atoms with Crippen molar-refractivity contribution in [1.82, 2.24) is 10.2 Å². The highest BCUT2D eigenvalue weighted by molar-refractivity contribution is 6.19. The standard InChI is InChI=1S/C11H21ClN2O/c1-4-13-9-5-6-14(7-9)10(15)11(2,3)8-12/h9,13H,4-8H2,1-3H3. The summed E-state index contributed by atoms with van der Waals surface area (Å²) in [6.07, 6.45) is 1.05. The molecule has 0 aromatic heterocycles. The summed E-state index contributed by atoms with van der Waals surface area (Å²) in [5.74, 6) is 0.562. The van der Waals surface area contributed by atoms with Gasteiger partial charge in [-0.1, -0.05) is 6.92 Å². The summed E-state index contributed by atoms with van der Waals surface area (Å²) < 4.78 is 0. The minimum absolute atomic E-state index is 0.179. The van der Waals surface area contributed by atoms with Crippen LogP contribution in [0.2, 0.25) is 0 Å². The number of hydrogen-bond acceptors (Lipinski definition) is 2. The largest absolute Gasteiger partial charge is 0.341 e. The summed E-state index contributed by atoms with van der Waals surface area (Å²) in [5.41, 5.74) is -0.428. The van der Waals surface area contributed by atoms with Crippen molar-refractivity contribution in [3.63, 3.8) is 0 Å². The first-order chi connectivity index (χ1) is 7.01. The Morgan fingerprint density at radius 2 is 2.27 bits per heavy atom. The van der Waals surface area contributed by atoms with Crippen LogP contribution < -0.4 is 5.32 Å². The van der Waals surface area contributed by atoms with Gasteiger partial charge in [0.1, 0.15) is 0 Å². The van der Waals surface area contributed by atoms with Crippen molar-refractivity contribution in [3.05, 3.63) is 0 Å². The van der Waals surface area contributed by atoms with Gasteiger partial charge in [-0.25, -0.2) is 0 Å². The Morgan fingerprint density at radius 1 is 1.60 bits per heavy atom. The first kappa shape index (κ1) is 12.8. The summed E-state index contributed by atoms with van der Waals surface area (Å²) in [7, 11) is 0. The first-order valence-corrected chi connectivity index (χ1v) is 6.13. The van der Waals surface area contributed by atoms with E-state index in [1.54, 1.807) is 0 Å². The molecule has 1 N–H and O–H groups in total. The fourth-order valence-corrected chi connectivity index (χ4v) is 2.00. The predicted octanol–water partition coefficient (Wildman–Crippen LogP) is 1.46. The quantitative estimate of drug-likeness (QED) is 0.745. The molecule has 4 heteroatoms. The van der Waals surface area contributed by atoms with E-state index in [2.05, 4.69) is 12.2 Å². The molecule has 0 spiro atoms. The van der Waals surface area contributed by atoms with Crippen LogP contribution in [0.25, 0.3) is 0 Å². The van der Waals surface area contributed by atoms with Gasteiger partial charge >= 0.3 is 0 Å². The fourth-order valence-electron chi connectivity index (χ4n) is 1.89.